The monoisotopic (exact) mass is 188 g/mol. The molecule has 0 fully saturated rings. The fourth-order valence-corrected chi connectivity index (χ4v) is 0.985. The maximum absolute atomic E-state index is 11.1. The largest absolute Gasteiger partial charge is 0.355 e. The third-order valence-electron chi connectivity index (χ3n) is 1.70. The summed E-state index contributed by atoms with van der Waals surface area (Å²) < 4.78 is 0. The topological polar surface area (TPSA) is 93.2 Å². The average molecular weight is 188 g/mol. The van der Waals surface area contributed by atoms with Gasteiger partial charge in [-0.2, -0.15) is 0 Å². The summed E-state index contributed by atoms with van der Waals surface area (Å²) >= 11 is 0. The molecule has 1 atom stereocenters. The van der Waals surface area contributed by atoms with Crippen LogP contribution in [0, 0.1) is 0 Å². The van der Waals surface area contributed by atoms with Crippen LogP contribution in [0.4, 0.5) is 0 Å². The molecule has 0 aromatic rings. The number of hydrogen-bond acceptors (Lipinski definition) is 4. The molecule has 1 amide bonds. The number of likely N-dealkylation sites (N-methyl/N-ethyl adjacent to an activating group) is 1. The summed E-state index contributed by atoms with van der Waals surface area (Å²) in [4.78, 5) is 11.1. The molecule has 1 unspecified atom stereocenters. The second-order valence-electron chi connectivity index (χ2n) is 2.85. The van der Waals surface area contributed by atoms with Gasteiger partial charge in [-0.05, 0) is 26.3 Å². The molecule has 0 spiro atoms. The summed E-state index contributed by atoms with van der Waals surface area (Å²) in [6.07, 6.45) is 1.56. The van der Waals surface area contributed by atoms with Crippen molar-refractivity contribution in [2.45, 2.75) is 25.8 Å². The third kappa shape index (κ3) is 6.51. The standard InChI is InChI=1S/C8H20N4O/c1-2-12-8(13)7(10)4-3-5-11-6-9/h7,11H,2-6,9-10H2,1H3,(H,12,13). The predicted octanol–water partition coefficient (Wildman–Crippen LogP) is -1.26. The van der Waals surface area contributed by atoms with Crippen molar-refractivity contribution in [1.82, 2.24) is 10.6 Å². The van der Waals surface area contributed by atoms with Gasteiger partial charge in [0.25, 0.3) is 0 Å². The number of nitrogens with two attached hydrogens (primary N) is 2. The van der Waals surface area contributed by atoms with Gasteiger partial charge >= 0.3 is 0 Å². The van der Waals surface area contributed by atoms with Crippen LogP contribution in [0.25, 0.3) is 0 Å². The molecule has 0 aliphatic rings. The van der Waals surface area contributed by atoms with Crippen molar-refractivity contribution >= 4 is 5.91 Å². The Morgan fingerprint density at radius 1 is 1.54 bits per heavy atom. The molecule has 0 radical (unpaired) electrons. The van der Waals surface area contributed by atoms with Gasteiger partial charge in [0.05, 0.1) is 6.04 Å². The van der Waals surface area contributed by atoms with Crippen molar-refractivity contribution in [3.8, 4) is 0 Å². The highest BCUT2D eigenvalue weighted by atomic mass is 16.2. The molecule has 0 saturated heterocycles. The van der Waals surface area contributed by atoms with Gasteiger partial charge in [-0.15, -0.1) is 0 Å². The minimum Gasteiger partial charge on any atom is -0.355 e. The van der Waals surface area contributed by atoms with Crippen LogP contribution in [-0.4, -0.2) is 31.7 Å². The minimum absolute atomic E-state index is 0.0738. The van der Waals surface area contributed by atoms with Crippen LogP contribution in [0.2, 0.25) is 0 Å². The van der Waals surface area contributed by atoms with Gasteiger partial charge in [-0.1, -0.05) is 0 Å². The Kier molecular flexibility index (Phi) is 7.57. The summed E-state index contributed by atoms with van der Waals surface area (Å²) in [6, 6.07) is -0.389. The molecule has 0 saturated carbocycles. The number of rotatable bonds is 7. The van der Waals surface area contributed by atoms with Crippen LogP contribution in [0.1, 0.15) is 19.8 Å². The highest BCUT2D eigenvalue weighted by Gasteiger charge is 2.10. The molecular weight excluding hydrogens is 168 g/mol. The zero-order valence-electron chi connectivity index (χ0n) is 8.18. The molecule has 0 aliphatic heterocycles. The van der Waals surface area contributed by atoms with Crippen LogP contribution < -0.4 is 22.1 Å². The molecule has 0 bridgehead atoms. The smallest absolute Gasteiger partial charge is 0.236 e. The number of nitrogens with one attached hydrogen (secondary N) is 2. The molecule has 0 rings (SSSR count). The summed E-state index contributed by atoms with van der Waals surface area (Å²) in [5, 5.41) is 5.64. The molecule has 0 aliphatic carbocycles. The Balaban J connectivity index is 3.38. The Morgan fingerprint density at radius 3 is 2.77 bits per heavy atom. The lowest BCUT2D eigenvalue weighted by atomic mass is 10.1. The van der Waals surface area contributed by atoms with Crippen molar-refractivity contribution in [3.63, 3.8) is 0 Å². The van der Waals surface area contributed by atoms with Crippen molar-refractivity contribution < 1.29 is 4.79 Å². The van der Waals surface area contributed by atoms with Gasteiger partial charge in [0, 0.05) is 13.2 Å². The number of carbonyl (C=O) groups is 1. The fraction of sp³-hybridized carbons (Fsp3) is 0.875. The summed E-state index contributed by atoms with van der Waals surface area (Å²) in [5.41, 5.74) is 10.8. The summed E-state index contributed by atoms with van der Waals surface area (Å²) in [7, 11) is 0. The Bertz CT molecular complexity index is 140. The number of carbonyl (C=O) groups excluding carboxylic acids is 1. The maximum Gasteiger partial charge on any atom is 0.236 e. The minimum atomic E-state index is -0.389. The zero-order valence-corrected chi connectivity index (χ0v) is 8.18. The van der Waals surface area contributed by atoms with Crippen molar-refractivity contribution in [1.29, 1.82) is 0 Å². The highest BCUT2D eigenvalue weighted by Crippen LogP contribution is 1.92. The SMILES string of the molecule is CCNC(=O)C(N)CCCNCN. The van der Waals surface area contributed by atoms with Gasteiger partial charge in [-0.3, -0.25) is 4.79 Å². The van der Waals surface area contributed by atoms with E-state index in [1.807, 2.05) is 6.92 Å². The summed E-state index contributed by atoms with van der Waals surface area (Å²) in [5.74, 6) is -0.0738. The molecule has 13 heavy (non-hydrogen) atoms. The second-order valence-corrected chi connectivity index (χ2v) is 2.85. The average Bonchev–Trinajstić information content (AvgIpc) is 2.12. The van der Waals surface area contributed by atoms with E-state index in [4.69, 9.17) is 11.5 Å². The van der Waals surface area contributed by atoms with E-state index < -0.39 is 0 Å². The Hall–Kier alpha value is -0.650. The van der Waals surface area contributed by atoms with E-state index >= 15 is 0 Å². The normalized spacial score (nSPS) is 12.5. The van der Waals surface area contributed by atoms with Crippen LogP contribution in [0.5, 0.6) is 0 Å². The van der Waals surface area contributed by atoms with E-state index in [0.29, 0.717) is 19.6 Å². The van der Waals surface area contributed by atoms with E-state index in [1.165, 1.54) is 0 Å². The van der Waals surface area contributed by atoms with Gasteiger partial charge in [-0.25, -0.2) is 0 Å². The molecule has 0 heterocycles. The molecule has 0 aromatic heterocycles. The first-order valence-corrected chi connectivity index (χ1v) is 4.66. The first-order valence-electron chi connectivity index (χ1n) is 4.66. The van der Waals surface area contributed by atoms with Gasteiger partial charge in [0.2, 0.25) is 5.91 Å². The predicted molar refractivity (Wildman–Crippen MR) is 53.0 cm³/mol. The molecule has 0 aromatic carbocycles. The highest BCUT2D eigenvalue weighted by molar-refractivity contribution is 5.81. The molecule has 5 heteroatoms. The first-order chi connectivity index (χ1) is 6.22. The van der Waals surface area contributed by atoms with Crippen LogP contribution in [0.15, 0.2) is 0 Å². The van der Waals surface area contributed by atoms with E-state index in [0.717, 1.165) is 13.0 Å². The number of hydrogen-bond donors (Lipinski definition) is 4. The molecular formula is C8H20N4O. The molecule has 6 N–H and O–H groups in total. The number of amides is 1. The first kappa shape index (κ1) is 12.3. The fourth-order valence-electron chi connectivity index (χ4n) is 0.985. The third-order valence-corrected chi connectivity index (χ3v) is 1.70. The van der Waals surface area contributed by atoms with Crippen LogP contribution in [-0.2, 0) is 4.79 Å². The Morgan fingerprint density at radius 2 is 2.23 bits per heavy atom. The van der Waals surface area contributed by atoms with E-state index in [9.17, 15) is 4.79 Å². The van der Waals surface area contributed by atoms with Crippen molar-refractivity contribution in [3.05, 3.63) is 0 Å². The Labute approximate surface area is 79.2 Å². The quantitative estimate of drug-likeness (QED) is 0.296. The van der Waals surface area contributed by atoms with Crippen molar-refractivity contribution in [2.75, 3.05) is 19.8 Å². The lowest BCUT2D eigenvalue weighted by Gasteiger charge is -2.10. The van der Waals surface area contributed by atoms with Crippen LogP contribution in [0.3, 0.4) is 0 Å². The van der Waals surface area contributed by atoms with E-state index in [1.54, 1.807) is 0 Å². The second kappa shape index (κ2) is 7.97. The van der Waals surface area contributed by atoms with Gasteiger partial charge in [0.1, 0.15) is 0 Å². The van der Waals surface area contributed by atoms with Gasteiger partial charge < -0.3 is 22.1 Å². The molecule has 5 nitrogen and oxygen atoms in total. The zero-order chi connectivity index (χ0) is 10.1. The van der Waals surface area contributed by atoms with Crippen LogP contribution >= 0.6 is 0 Å². The van der Waals surface area contributed by atoms with Crippen molar-refractivity contribution in [2.24, 2.45) is 11.5 Å². The van der Waals surface area contributed by atoms with Gasteiger partial charge in [0.15, 0.2) is 0 Å². The maximum atomic E-state index is 11.1. The lowest BCUT2D eigenvalue weighted by Crippen LogP contribution is -2.40. The molecule has 78 valence electrons. The van der Waals surface area contributed by atoms with E-state index in [2.05, 4.69) is 10.6 Å². The lowest BCUT2D eigenvalue weighted by molar-refractivity contribution is -0.122. The van der Waals surface area contributed by atoms with E-state index in [-0.39, 0.29) is 11.9 Å². The summed E-state index contributed by atoms with van der Waals surface area (Å²) in [6.45, 7) is 3.79.